The molecule has 1 aliphatic rings. The van der Waals surface area contributed by atoms with Crippen molar-refractivity contribution in [2.24, 2.45) is 0 Å². The Labute approximate surface area is 86.0 Å². The number of hydrogen-bond acceptors (Lipinski definition) is 0. The van der Waals surface area contributed by atoms with Crippen molar-refractivity contribution >= 4 is 0 Å². The molecule has 1 aromatic rings. The average Bonchev–Trinajstić information content (AvgIpc) is 2.23. The fourth-order valence-corrected chi connectivity index (χ4v) is 1.77. The predicted molar refractivity (Wildman–Crippen MR) is 61.3 cm³/mol. The van der Waals surface area contributed by atoms with Crippen molar-refractivity contribution in [2.45, 2.75) is 26.2 Å². The fourth-order valence-electron chi connectivity index (χ4n) is 1.77. The van der Waals surface area contributed by atoms with Gasteiger partial charge in [0.2, 0.25) is 0 Å². The van der Waals surface area contributed by atoms with Crippen LogP contribution < -0.4 is 0 Å². The van der Waals surface area contributed by atoms with E-state index < -0.39 is 0 Å². The smallest absolute Gasteiger partial charge is 0.00639 e. The Bertz CT molecular complexity index is 352. The number of hydrogen-bond donors (Lipinski definition) is 0. The van der Waals surface area contributed by atoms with Gasteiger partial charge < -0.3 is 0 Å². The van der Waals surface area contributed by atoms with E-state index in [9.17, 15) is 0 Å². The SMILES string of the molecule is Cc1ccc(CC2=CC=CCC2)cc1. The molecule has 0 saturated carbocycles. The molecule has 0 heterocycles. The van der Waals surface area contributed by atoms with Crippen LogP contribution in [0.4, 0.5) is 0 Å². The zero-order valence-electron chi connectivity index (χ0n) is 8.66. The van der Waals surface area contributed by atoms with Crippen molar-refractivity contribution < 1.29 is 0 Å². The van der Waals surface area contributed by atoms with Crippen molar-refractivity contribution in [3.8, 4) is 0 Å². The molecule has 0 heteroatoms. The Morgan fingerprint density at radius 1 is 1.14 bits per heavy atom. The van der Waals surface area contributed by atoms with Crippen LogP contribution in [0.5, 0.6) is 0 Å². The van der Waals surface area contributed by atoms with Gasteiger partial charge >= 0.3 is 0 Å². The van der Waals surface area contributed by atoms with E-state index in [0.29, 0.717) is 0 Å². The van der Waals surface area contributed by atoms with E-state index in [4.69, 9.17) is 0 Å². The van der Waals surface area contributed by atoms with Crippen LogP contribution in [-0.2, 0) is 6.42 Å². The second-order valence-electron chi connectivity index (χ2n) is 3.95. The van der Waals surface area contributed by atoms with E-state index in [1.165, 1.54) is 24.0 Å². The molecule has 0 nitrogen and oxygen atoms in total. The third-order valence-electron chi connectivity index (χ3n) is 2.65. The molecule has 0 spiro atoms. The molecule has 72 valence electrons. The molecule has 0 amide bonds. The van der Waals surface area contributed by atoms with Crippen LogP contribution in [0.15, 0.2) is 48.1 Å². The highest BCUT2D eigenvalue weighted by atomic mass is 14.1. The number of rotatable bonds is 2. The monoisotopic (exact) mass is 184 g/mol. The molecule has 0 saturated heterocycles. The molecule has 0 aromatic heterocycles. The van der Waals surface area contributed by atoms with Crippen LogP contribution in [0.1, 0.15) is 24.0 Å². The summed E-state index contributed by atoms with van der Waals surface area (Å²) in [7, 11) is 0. The van der Waals surface area contributed by atoms with Crippen LogP contribution >= 0.6 is 0 Å². The van der Waals surface area contributed by atoms with Gasteiger partial charge in [-0.1, -0.05) is 53.6 Å². The summed E-state index contributed by atoms with van der Waals surface area (Å²) >= 11 is 0. The maximum absolute atomic E-state index is 2.25. The molecule has 0 unspecified atom stereocenters. The summed E-state index contributed by atoms with van der Waals surface area (Å²) in [5.74, 6) is 0. The standard InChI is InChI=1S/C14H16/c1-12-7-9-14(10-8-12)11-13-5-3-2-4-6-13/h2-3,5,7-10H,4,6,11H2,1H3. The minimum atomic E-state index is 1.12. The van der Waals surface area contributed by atoms with E-state index in [2.05, 4.69) is 49.4 Å². The van der Waals surface area contributed by atoms with Gasteiger partial charge in [0.25, 0.3) is 0 Å². The van der Waals surface area contributed by atoms with Gasteiger partial charge in [-0.25, -0.2) is 0 Å². The number of allylic oxidation sites excluding steroid dienone is 4. The van der Waals surface area contributed by atoms with Gasteiger partial charge in [-0.3, -0.25) is 0 Å². The Hall–Kier alpha value is -1.30. The minimum Gasteiger partial charge on any atom is -0.0842 e. The van der Waals surface area contributed by atoms with E-state index in [1.807, 2.05) is 0 Å². The second kappa shape index (κ2) is 4.28. The zero-order chi connectivity index (χ0) is 9.80. The van der Waals surface area contributed by atoms with E-state index >= 15 is 0 Å². The summed E-state index contributed by atoms with van der Waals surface area (Å²) in [6, 6.07) is 8.84. The summed E-state index contributed by atoms with van der Waals surface area (Å²) in [4.78, 5) is 0. The molecule has 0 atom stereocenters. The fraction of sp³-hybridized carbons (Fsp3) is 0.286. The van der Waals surface area contributed by atoms with E-state index in [-0.39, 0.29) is 0 Å². The maximum atomic E-state index is 2.25. The summed E-state index contributed by atoms with van der Waals surface area (Å²) in [6.45, 7) is 2.13. The lowest BCUT2D eigenvalue weighted by Crippen LogP contribution is -1.93. The van der Waals surface area contributed by atoms with Crippen LogP contribution in [0.25, 0.3) is 0 Å². The topological polar surface area (TPSA) is 0 Å². The molecular weight excluding hydrogens is 168 g/mol. The molecule has 2 rings (SSSR count). The van der Waals surface area contributed by atoms with Gasteiger partial charge in [0.05, 0.1) is 0 Å². The third kappa shape index (κ3) is 2.35. The Kier molecular flexibility index (Phi) is 2.83. The highest BCUT2D eigenvalue weighted by molar-refractivity contribution is 5.28. The number of aryl methyl sites for hydroxylation is 1. The Balaban J connectivity index is 2.07. The lowest BCUT2D eigenvalue weighted by atomic mass is 9.97. The first-order valence-electron chi connectivity index (χ1n) is 5.25. The Morgan fingerprint density at radius 2 is 1.93 bits per heavy atom. The molecule has 14 heavy (non-hydrogen) atoms. The van der Waals surface area contributed by atoms with Gasteiger partial charge in [0.1, 0.15) is 0 Å². The van der Waals surface area contributed by atoms with Crippen molar-refractivity contribution in [2.75, 3.05) is 0 Å². The maximum Gasteiger partial charge on any atom is -0.00639 e. The van der Waals surface area contributed by atoms with Gasteiger partial charge in [-0.2, -0.15) is 0 Å². The van der Waals surface area contributed by atoms with Gasteiger partial charge in [0, 0.05) is 0 Å². The minimum absolute atomic E-state index is 1.12. The lowest BCUT2D eigenvalue weighted by Gasteiger charge is -2.08. The molecule has 0 bridgehead atoms. The van der Waals surface area contributed by atoms with Crippen molar-refractivity contribution in [1.29, 1.82) is 0 Å². The van der Waals surface area contributed by atoms with Crippen molar-refractivity contribution in [3.63, 3.8) is 0 Å². The van der Waals surface area contributed by atoms with Gasteiger partial charge in [-0.05, 0) is 31.7 Å². The van der Waals surface area contributed by atoms with Crippen LogP contribution in [0.3, 0.4) is 0 Å². The molecule has 0 N–H and O–H groups in total. The summed E-state index contributed by atoms with van der Waals surface area (Å²) in [5.41, 5.74) is 4.32. The highest BCUT2D eigenvalue weighted by Gasteiger charge is 2.00. The van der Waals surface area contributed by atoms with Crippen LogP contribution in [0, 0.1) is 6.92 Å². The van der Waals surface area contributed by atoms with E-state index in [1.54, 1.807) is 5.57 Å². The zero-order valence-corrected chi connectivity index (χ0v) is 8.66. The highest BCUT2D eigenvalue weighted by Crippen LogP contribution is 2.17. The Morgan fingerprint density at radius 3 is 2.57 bits per heavy atom. The number of benzene rings is 1. The quantitative estimate of drug-likeness (QED) is 0.655. The van der Waals surface area contributed by atoms with Crippen molar-refractivity contribution in [1.82, 2.24) is 0 Å². The molecule has 0 aliphatic heterocycles. The normalized spacial score (nSPS) is 15.4. The molecular formula is C14H16. The largest absolute Gasteiger partial charge is 0.0842 e. The lowest BCUT2D eigenvalue weighted by molar-refractivity contribution is 0.911. The third-order valence-corrected chi connectivity index (χ3v) is 2.65. The molecule has 1 aromatic carbocycles. The molecule has 1 aliphatic carbocycles. The van der Waals surface area contributed by atoms with Crippen molar-refractivity contribution in [3.05, 3.63) is 59.2 Å². The average molecular weight is 184 g/mol. The predicted octanol–water partition coefficient (Wildman–Crippen LogP) is 3.81. The molecule has 0 fully saturated rings. The van der Waals surface area contributed by atoms with E-state index in [0.717, 1.165) is 6.42 Å². The van der Waals surface area contributed by atoms with Crippen LogP contribution in [-0.4, -0.2) is 0 Å². The first kappa shape index (κ1) is 9.26. The van der Waals surface area contributed by atoms with Gasteiger partial charge in [0.15, 0.2) is 0 Å². The van der Waals surface area contributed by atoms with Gasteiger partial charge in [-0.15, -0.1) is 0 Å². The summed E-state index contributed by atoms with van der Waals surface area (Å²) in [6.07, 6.45) is 10.2. The first-order valence-corrected chi connectivity index (χ1v) is 5.25. The molecule has 0 radical (unpaired) electrons. The van der Waals surface area contributed by atoms with Crippen LogP contribution in [0.2, 0.25) is 0 Å². The second-order valence-corrected chi connectivity index (χ2v) is 3.95. The summed E-state index contributed by atoms with van der Waals surface area (Å²) in [5, 5.41) is 0. The summed E-state index contributed by atoms with van der Waals surface area (Å²) < 4.78 is 0. The first-order chi connectivity index (χ1) is 6.84.